The van der Waals surface area contributed by atoms with Gasteiger partial charge in [-0.2, -0.15) is 0 Å². The van der Waals surface area contributed by atoms with Crippen molar-refractivity contribution in [3.8, 4) is 0 Å². The number of rotatable bonds is 28. The van der Waals surface area contributed by atoms with E-state index >= 15 is 0 Å². The van der Waals surface area contributed by atoms with Crippen molar-refractivity contribution in [2.75, 3.05) is 13.2 Å². The summed E-state index contributed by atoms with van der Waals surface area (Å²) in [6, 6.07) is 0. The van der Waals surface area contributed by atoms with E-state index in [0.717, 1.165) is 32.1 Å². The highest BCUT2D eigenvalue weighted by molar-refractivity contribution is 4.97. The van der Waals surface area contributed by atoms with Gasteiger partial charge in [0.05, 0.1) is 13.2 Å². The highest BCUT2D eigenvalue weighted by Crippen LogP contribution is 2.36. The van der Waals surface area contributed by atoms with Crippen LogP contribution in [0.3, 0.4) is 0 Å². The first-order valence-corrected chi connectivity index (χ1v) is 17.5. The van der Waals surface area contributed by atoms with E-state index in [2.05, 4.69) is 13.8 Å². The quantitative estimate of drug-likeness (QED) is 0.0710. The zero-order valence-corrected chi connectivity index (χ0v) is 26.5. The Bertz CT molecular complexity index is 545. The third-order valence-electron chi connectivity index (χ3n) is 8.76. The number of hydrogen-bond donors (Lipinski definition) is 4. The Balaban J connectivity index is 2.30. The van der Waals surface area contributed by atoms with Crippen molar-refractivity contribution >= 4 is 0 Å². The van der Waals surface area contributed by atoms with E-state index in [-0.39, 0.29) is 0 Å². The lowest BCUT2D eigenvalue weighted by Crippen LogP contribution is -2.66. The van der Waals surface area contributed by atoms with Gasteiger partial charge in [0, 0.05) is 6.42 Å². The van der Waals surface area contributed by atoms with E-state index in [1.807, 2.05) is 0 Å². The number of aliphatic hydroxyl groups is 4. The molecule has 1 heterocycles. The molecule has 6 nitrogen and oxygen atoms in total. The van der Waals surface area contributed by atoms with Crippen molar-refractivity contribution in [1.82, 2.24) is 0 Å². The molecule has 1 aliphatic rings. The number of ether oxygens (including phenoxy) is 2. The molecule has 0 bridgehead atoms. The first-order valence-electron chi connectivity index (χ1n) is 17.5. The van der Waals surface area contributed by atoms with Gasteiger partial charge in [0.15, 0.2) is 5.79 Å². The van der Waals surface area contributed by atoms with Gasteiger partial charge in [-0.3, -0.25) is 0 Å². The van der Waals surface area contributed by atoms with Crippen molar-refractivity contribution in [2.45, 2.75) is 205 Å². The first kappa shape index (κ1) is 37.8. The Morgan fingerprint density at radius 2 is 0.900 bits per heavy atom. The monoisotopic (exact) mass is 573 g/mol. The predicted molar refractivity (Wildman–Crippen MR) is 165 cm³/mol. The molecular weight excluding hydrogens is 504 g/mol. The van der Waals surface area contributed by atoms with E-state index in [1.165, 1.54) is 122 Å². The Kier molecular flexibility index (Phi) is 23.9. The van der Waals surface area contributed by atoms with Crippen LogP contribution in [0.2, 0.25) is 0 Å². The number of aliphatic hydroxyl groups excluding tert-OH is 4. The van der Waals surface area contributed by atoms with Crippen LogP contribution < -0.4 is 0 Å². The van der Waals surface area contributed by atoms with E-state index < -0.39 is 36.8 Å². The molecule has 1 rings (SSSR count). The van der Waals surface area contributed by atoms with Gasteiger partial charge in [-0.05, 0) is 12.8 Å². The molecule has 40 heavy (non-hydrogen) atoms. The lowest BCUT2D eigenvalue weighted by Gasteiger charge is -2.48. The molecule has 1 unspecified atom stereocenters. The molecule has 0 aromatic carbocycles. The summed E-state index contributed by atoms with van der Waals surface area (Å²) in [5, 5.41) is 41.4. The lowest BCUT2D eigenvalue weighted by molar-refractivity contribution is -0.366. The lowest BCUT2D eigenvalue weighted by atomic mass is 9.89. The summed E-state index contributed by atoms with van der Waals surface area (Å²) in [5.41, 5.74) is 0. The van der Waals surface area contributed by atoms with Crippen LogP contribution in [0.25, 0.3) is 0 Å². The molecule has 0 aromatic rings. The fraction of sp³-hybridized carbons (Fsp3) is 1.00. The average molecular weight is 573 g/mol. The Hall–Kier alpha value is -0.240. The summed E-state index contributed by atoms with van der Waals surface area (Å²) >= 11 is 0. The van der Waals surface area contributed by atoms with Gasteiger partial charge < -0.3 is 29.9 Å². The maximum atomic E-state index is 10.9. The Morgan fingerprint density at radius 1 is 0.525 bits per heavy atom. The van der Waals surface area contributed by atoms with Gasteiger partial charge >= 0.3 is 0 Å². The van der Waals surface area contributed by atoms with Crippen LogP contribution in [0.15, 0.2) is 0 Å². The molecule has 0 spiro atoms. The summed E-state index contributed by atoms with van der Waals surface area (Å²) in [7, 11) is 0. The molecule has 0 aliphatic carbocycles. The predicted octanol–water partition coefficient (Wildman–Crippen LogP) is 7.97. The largest absolute Gasteiger partial charge is 0.394 e. The second-order valence-electron chi connectivity index (χ2n) is 12.5. The van der Waals surface area contributed by atoms with Crippen LogP contribution in [0.5, 0.6) is 0 Å². The fourth-order valence-electron chi connectivity index (χ4n) is 6.01. The summed E-state index contributed by atoms with van der Waals surface area (Å²) in [6.45, 7) is 4.53. The molecule has 4 N–H and O–H groups in total. The second kappa shape index (κ2) is 25.3. The molecule has 1 fully saturated rings. The summed E-state index contributed by atoms with van der Waals surface area (Å²) in [5.74, 6) is -1.37. The van der Waals surface area contributed by atoms with Crippen LogP contribution in [-0.2, 0) is 9.47 Å². The van der Waals surface area contributed by atoms with E-state index in [9.17, 15) is 20.4 Å². The van der Waals surface area contributed by atoms with Crippen LogP contribution >= 0.6 is 0 Å². The van der Waals surface area contributed by atoms with Crippen molar-refractivity contribution in [3.63, 3.8) is 0 Å². The Labute approximate surface area is 247 Å². The summed E-state index contributed by atoms with van der Waals surface area (Å²) in [4.78, 5) is 0. The van der Waals surface area contributed by atoms with Gasteiger partial charge in [-0.1, -0.05) is 155 Å². The van der Waals surface area contributed by atoms with Crippen molar-refractivity contribution < 1.29 is 29.9 Å². The molecule has 5 atom stereocenters. The molecule has 240 valence electrons. The molecule has 0 radical (unpaired) electrons. The Morgan fingerprint density at radius 3 is 1.30 bits per heavy atom. The van der Waals surface area contributed by atoms with E-state index in [4.69, 9.17) is 9.47 Å². The van der Waals surface area contributed by atoms with Gasteiger partial charge in [-0.15, -0.1) is 0 Å². The van der Waals surface area contributed by atoms with E-state index in [1.54, 1.807) is 0 Å². The number of hydrogen-bond acceptors (Lipinski definition) is 6. The van der Waals surface area contributed by atoms with Crippen LogP contribution in [0.1, 0.15) is 174 Å². The van der Waals surface area contributed by atoms with Crippen molar-refractivity contribution in [3.05, 3.63) is 0 Å². The van der Waals surface area contributed by atoms with Crippen LogP contribution in [0, 0.1) is 0 Å². The minimum Gasteiger partial charge on any atom is -0.394 e. The fourth-order valence-corrected chi connectivity index (χ4v) is 6.01. The molecule has 1 saturated heterocycles. The summed E-state index contributed by atoms with van der Waals surface area (Å²) < 4.78 is 12.2. The van der Waals surface area contributed by atoms with Gasteiger partial charge in [0.2, 0.25) is 0 Å². The molecule has 0 amide bonds. The molecular formula is C34H68O6. The second-order valence-corrected chi connectivity index (χ2v) is 12.5. The van der Waals surface area contributed by atoms with Crippen LogP contribution in [0.4, 0.5) is 0 Å². The molecule has 0 aromatic heterocycles. The van der Waals surface area contributed by atoms with Gasteiger partial charge in [0.25, 0.3) is 0 Å². The van der Waals surface area contributed by atoms with Gasteiger partial charge in [0.1, 0.15) is 24.4 Å². The average Bonchev–Trinajstić information content (AvgIpc) is 2.96. The molecule has 0 saturated carbocycles. The third kappa shape index (κ3) is 16.4. The van der Waals surface area contributed by atoms with Gasteiger partial charge in [-0.25, -0.2) is 0 Å². The van der Waals surface area contributed by atoms with Crippen molar-refractivity contribution in [2.24, 2.45) is 0 Å². The highest BCUT2D eigenvalue weighted by Gasteiger charge is 2.53. The van der Waals surface area contributed by atoms with Crippen molar-refractivity contribution in [1.29, 1.82) is 0 Å². The zero-order valence-electron chi connectivity index (χ0n) is 26.5. The minimum absolute atomic E-state index is 0.424. The normalized spacial score (nSPS) is 25.1. The van der Waals surface area contributed by atoms with Crippen LogP contribution in [-0.4, -0.2) is 63.8 Å². The molecule has 1 aliphatic heterocycles. The maximum absolute atomic E-state index is 10.9. The smallest absolute Gasteiger partial charge is 0.197 e. The van der Waals surface area contributed by atoms with E-state index in [0.29, 0.717) is 13.0 Å². The zero-order chi connectivity index (χ0) is 29.3. The minimum atomic E-state index is -1.40. The summed E-state index contributed by atoms with van der Waals surface area (Å²) in [6.07, 6.45) is 25.4. The SMILES string of the molecule is CCCCCCCCCCCCCCOC1(CCCCCCCCCCCCCC)O[C@H](CO)[C@H](O)[C@H](O)[C@H]1O. The third-order valence-corrected chi connectivity index (χ3v) is 8.76. The first-order chi connectivity index (χ1) is 19.5. The topological polar surface area (TPSA) is 99.4 Å². The molecule has 6 heteroatoms. The maximum Gasteiger partial charge on any atom is 0.197 e. The standard InChI is InChI=1S/C34H68O6/c1-3-5-7-9-11-13-15-17-19-21-23-25-27-34(33(38)32(37)31(36)30(29-35)40-34)39-28-26-24-22-20-18-16-14-12-10-8-6-4-2/h30-33,35-38H,3-29H2,1-2H3/t30-,31+,32+,33-,34?/m1/s1. The highest BCUT2D eigenvalue weighted by atomic mass is 16.7. The number of unbranched alkanes of at least 4 members (excludes halogenated alkanes) is 22.